The summed E-state index contributed by atoms with van der Waals surface area (Å²) < 4.78 is 12.4. The number of methoxy groups -OCH3 is 2. The molecule has 9 nitrogen and oxygen atoms in total. The number of anilines is 2. The van der Waals surface area contributed by atoms with Crippen LogP contribution < -0.4 is 11.1 Å². The van der Waals surface area contributed by atoms with Gasteiger partial charge in [-0.05, 0) is 43.4 Å². The van der Waals surface area contributed by atoms with Crippen molar-refractivity contribution in [3.63, 3.8) is 0 Å². The lowest BCUT2D eigenvalue weighted by Crippen LogP contribution is -2.20. The van der Waals surface area contributed by atoms with Gasteiger partial charge in [0.2, 0.25) is 0 Å². The van der Waals surface area contributed by atoms with Gasteiger partial charge in [0.25, 0.3) is 5.91 Å². The summed E-state index contributed by atoms with van der Waals surface area (Å²) in [6, 6.07) is 10.7. The minimum absolute atomic E-state index is 0.172. The third-order valence-electron chi connectivity index (χ3n) is 6.04. The molecule has 1 saturated carbocycles. The molecule has 34 heavy (non-hydrogen) atoms. The van der Waals surface area contributed by atoms with E-state index in [4.69, 9.17) is 15.2 Å². The average molecular weight is 463 g/mol. The molecular formula is C25H30N6O3. The first-order valence-corrected chi connectivity index (χ1v) is 11.1. The number of nitrogens with two attached hydrogens (primary N) is 1. The van der Waals surface area contributed by atoms with Gasteiger partial charge in [0.1, 0.15) is 23.5 Å². The molecule has 0 atom stereocenters. The fraction of sp³-hybridized carbons (Fsp3) is 0.400. The van der Waals surface area contributed by atoms with Crippen molar-refractivity contribution in [2.75, 3.05) is 45.5 Å². The number of carbonyl (C=O) groups is 1. The fourth-order valence-electron chi connectivity index (χ4n) is 3.88. The molecule has 4 rings (SSSR count). The van der Waals surface area contributed by atoms with Crippen LogP contribution in [0.1, 0.15) is 41.4 Å². The molecule has 2 heterocycles. The first-order valence-electron chi connectivity index (χ1n) is 11.1. The molecule has 9 heteroatoms. The summed E-state index contributed by atoms with van der Waals surface area (Å²) in [5.74, 6) is 3.18. The van der Waals surface area contributed by atoms with Crippen LogP contribution in [0.25, 0.3) is 11.0 Å². The third kappa shape index (κ3) is 4.69. The van der Waals surface area contributed by atoms with Crippen molar-refractivity contribution in [2.24, 2.45) is 0 Å². The number of ether oxygens (including phenoxy) is 2. The van der Waals surface area contributed by atoms with Gasteiger partial charge in [0, 0.05) is 45.1 Å². The Balaban J connectivity index is 1.81. The van der Waals surface area contributed by atoms with Crippen molar-refractivity contribution in [1.82, 2.24) is 19.4 Å². The molecule has 3 aromatic rings. The number of hydrogen-bond acceptors (Lipinski definition) is 7. The maximum atomic E-state index is 13.6. The van der Waals surface area contributed by atoms with Crippen molar-refractivity contribution < 1.29 is 14.3 Å². The quantitative estimate of drug-likeness (QED) is 0.391. The lowest BCUT2D eigenvalue weighted by Gasteiger charge is -2.15. The Morgan fingerprint density at radius 1 is 1.24 bits per heavy atom. The van der Waals surface area contributed by atoms with Gasteiger partial charge >= 0.3 is 0 Å². The van der Waals surface area contributed by atoms with Gasteiger partial charge in [-0.2, -0.15) is 0 Å². The van der Waals surface area contributed by atoms with Crippen LogP contribution >= 0.6 is 0 Å². The fourth-order valence-corrected chi connectivity index (χ4v) is 3.88. The summed E-state index contributed by atoms with van der Waals surface area (Å²) in [4.78, 5) is 24.1. The SMILES string of the molecule is COCCN(C)C#Cc1c(C(=O)Nc2ccc(COC)cc2)c2c(N)ncnc2n1C1(C)CC1. The largest absolute Gasteiger partial charge is 0.383 e. The normalized spacial score (nSPS) is 13.9. The van der Waals surface area contributed by atoms with Gasteiger partial charge in [0.15, 0.2) is 0 Å². The predicted octanol–water partition coefficient (Wildman–Crippen LogP) is 2.81. The van der Waals surface area contributed by atoms with E-state index in [1.807, 2.05) is 40.8 Å². The number of likely N-dealkylation sites (N-methyl/N-ethyl adjacent to an activating group) is 1. The minimum Gasteiger partial charge on any atom is -0.383 e. The first-order chi connectivity index (χ1) is 16.4. The van der Waals surface area contributed by atoms with Crippen LogP contribution in [0.15, 0.2) is 30.6 Å². The Bertz CT molecular complexity index is 1250. The molecule has 1 aliphatic rings. The minimum atomic E-state index is -0.308. The number of nitrogens with zero attached hydrogens (tertiary/aromatic N) is 4. The summed E-state index contributed by atoms with van der Waals surface area (Å²) in [5.41, 5.74) is 9.37. The van der Waals surface area contributed by atoms with Crippen molar-refractivity contribution >= 4 is 28.4 Å². The standard InChI is InChI=1S/C25H30N6O3/c1-25(10-11-25)31-19(9-12-30(2)13-14-33-3)20(21-22(26)27-16-28-23(21)31)24(32)29-18-7-5-17(6-8-18)15-34-4/h5-8,16H,10-11,13-15H2,1-4H3,(H,29,32)(H2,26,27,28). The zero-order chi connectivity index (χ0) is 24.3. The van der Waals surface area contributed by atoms with E-state index in [-0.39, 0.29) is 17.3 Å². The van der Waals surface area contributed by atoms with Crippen LogP contribution in [0, 0.1) is 12.0 Å². The maximum Gasteiger partial charge on any atom is 0.259 e. The molecule has 0 saturated heterocycles. The van der Waals surface area contributed by atoms with Crippen molar-refractivity contribution in [1.29, 1.82) is 0 Å². The number of carbonyl (C=O) groups excluding carboxylic acids is 1. The molecule has 2 aromatic heterocycles. The van der Waals surface area contributed by atoms with E-state index in [1.165, 1.54) is 6.33 Å². The predicted molar refractivity (Wildman–Crippen MR) is 131 cm³/mol. The number of fused-ring (bicyclic) bond motifs is 1. The van der Waals surface area contributed by atoms with Gasteiger partial charge < -0.3 is 30.0 Å². The number of amides is 1. The van der Waals surface area contributed by atoms with Crippen LogP contribution in [-0.2, 0) is 21.6 Å². The second-order valence-corrected chi connectivity index (χ2v) is 8.75. The van der Waals surface area contributed by atoms with Gasteiger partial charge in [-0.15, -0.1) is 0 Å². The first kappa shape index (κ1) is 23.5. The number of hydrogen-bond donors (Lipinski definition) is 2. The van der Waals surface area contributed by atoms with Gasteiger partial charge in [-0.25, -0.2) is 9.97 Å². The molecule has 0 radical (unpaired) electrons. The molecule has 0 aliphatic heterocycles. The highest BCUT2D eigenvalue weighted by molar-refractivity contribution is 6.16. The summed E-state index contributed by atoms with van der Waals surface area (Å²) in [6.07, 6.45) is 3.37. The lowest BCUT2D eigenvalue weighted by molar-refractivity contribution is 0.102. The Morgan fingerprint density at radius 2 is 1.97 bits per heavy atom. The highest BCUT2D eigenvalue weighted by Crippen LogP contribution is 2.47. The van der Waals surface area contributed by atoms with Crippen LogP contribution in [0.5, 0.6) is 0 Å². The van der Waals surface area contributed by atoms with E-state index in [2.05, 4.69) is 34.2 Å². The molecule has 0 unspecified atom stereocenters. The number of benzene rings is 1. The zero-order valence-corrected chi connectivity index (χ0v) is 20.0. The smallest absolute Gasteiger partial charge is 0.259 e. The van der Waals surface area contributed by atoms with E-state index >= 15 is 0 Å². The number of aromatic nitrogens is 3. The summed E-state index contributed by atoms with van der Waals surface area (Å²) in [5, 5.41) is 3.51. The zero-order valence-electron chi connectivity index (χ0n) is 20.0. The van der Waals surface area contributed by atoms with Crippen LogP contribution in [0.3, 0.4) is 0 Å². The lowest BCUT2D eigenvalue weighted by atomic mass is 10.1. The Kier molecular flexibility index (Phi) is 6.72. The van der Waals surface area contributed by atoms with Gasteiger partial charge in [0.05, 0.1) is 24.2 Å². The molecular weight excluding hydrogens is 432 g/mol. The molecule has 1 fully saturated rings. The molecule has 178 valence electrons. The highest BCUT2D eigenvalue weighted by Gasteiger charge is 2.44. The molecule has 1 aliphatic carbocycles. The van der Waals surface area contributed by atoms with E-state index < -0.39 is 0 Å². The molecule has 0 spiro atoms. The van der Waals surface area contributed by atoms with E-state index in [0.717, 1.165) is 18.4 Å². The second kappa shape index (κ2) is 9.71. The Hall–Kier alpha value is -3.61. The summed E-state index contributed by atoms with van der Waals surface area (Å²) >= 11 is 0. The number of nitrogen functional groups attached to an aromatic ring is 1. The van der Waals surface area contributed by atoms with E-state index in [0.29, 0.717) is 47.7 Å². The summed E-state index contributed by atoms with van der Waals surface area (Å²) in [6.45, 7) is 3.83. The Labute approximate surface area is 199 Å². The molecule has 1 amide bonds. The number of rotatable bonds is 8. The van der Waals surface area contributed by atoms with E-state index in [1.54, 1.807) is 14.2 Å². The summed E-state index contributed by atoms with van der Waals surface area (Å²) in [7, 11) is 5.18. The monoisotopic (exact) mass is 462 g/mol. The van der Waals surface area contributed by atoms with Gasteiger partial charge in [-0.3, -0.25) is 4.79 Å². The third-order valence-corrected chi connectivity index (χ3v) is 6.04. The van der Waals surface area contributed by atoms with Crippen molar-refractivity contribution in [2.45, 2.75) is 31.9 Å². The second-order valence-electron chi connectivity index (χ2n) is 8.75. The van der Waals surface area contributed by atoms with Crippen molar-refractivity contribution in [3.05, 3.63) is 47.4 Å². The highest BCUT2D eigenvalue weighted by atomic mass is 16.5. The maximum absolute atomic E-state index is 13.6. The molecule has 3 N–H and O–H groups in total. The van der Waals surface area contributed by atoms with Crippen LogP contribution in [-0.4, -0.2) is 59.8 Å². The molecule has 0 bridgehead atoms. The van der Waals surface area contributed by atoms with Crippen LogP contribution in [0.4, 0.5) is 11.5 Å². The average Bonchev–Trinajstić information content (AvgIpc) is 3.46. The molecule has 1 aromatic carbocycles. The Morgan fingerprint density at radius 3 is 2.62 bits per heavy atom. The number of nitrogens with one attached hydrogen (secondary N) is 1. The topological polar surface area (TPSA) is 108 Å². The van der Waals surface area contributed by atoms with E-state index in [9.17, 15) is 4.79 Å². The van der Waals surface area contributed by atoms with Gasteiger partial charge in [-0.1, -0.05) is 12.1 Å². The van der Waals surface area contributed by atoms with Crippen molar-refractivity contribution in [3.8, 4) is 12.0 Å². The van der Waals surface area contributed by atoms with Crippen LogP contribution in [0.2, 0.25) is 0 Å².